The van der Waals surface area contributed by atoms with Gasteiger partial charge in [0.1, 0.15) is 5.82 Å². The van der Waals surface area contributed by atoms with E-state index in [0.717, 1.165) is 28.1 Å². The second-order valence-electron chi connectivity index (χ2n) is 3.32. The van der Waals surface area contributed by atoms with Crippen LogP contribution >= 0.6 is 27.5 Å². The van der Waals surface area contributed by atoms with Gasteiger partial charge in [-0.2, -0.15) is 5.10 Å². The zero-order valence-electron chi connectivity index (χ0n) is 8.72. The fraction of sp³-hybridized carbons (Fsp3) is 0.182. The number of hydrogen-bond acceptors (Lipinski definition) is 2. The van der Waals surface area contributed by atoms with Gasteiger partial charge in [-0.15, -0.1) is 0 Å². The summed E-state index contributed by atoms with van der Waals surface area (Å²) < 4.78 is 0.965. The Hall–Kier alpha value is -1.00. The molecule has 0 aliphatic rings. The summed E-state index contributed by atoms with van der Waals surface area (Å²) in [7, 11) is 0. The predicted octanol–water partition coefficient (Wildman–Crippen LogP) is 3.92. The molecule has 0 unspecified atom stereocenters. The first kappa shape index (κ1) is 11.5. The SMILES string of the molecule is CCNc1cc(-c2ccc(Br)cc2Cl)[nH]n1. The van der Waals surface area contributed by atoms with Gasteiger partial charge in [-0.25, -0.2) is 0 Å². The Balaban J connectivity index is 2.35. The molecule has 0 saturated heterocycles. The van der Waals surface area contributed by atoms with Crippen LogP contribution in [0.4, 0.5) is 5.82 Å². The van der Waals surface area contributed by atoms with Crippen LogP contribution in [-0.4, -0.2) is 16.7 Å². The normalized spacial score (nSPS) is 10.4. The summed E-state index contributed by atoms with van der Waals surface area (Å²) in [4.78, 5) is 0. The summed E-state index contributed by atoms with van der Waals surface area (Å²) in [6, 6.07) is 7.72. The summed E-state index contributed by atoms with van der Waals surface area (Å²) in [5.41, 5.74) is 1.86. The van der Waals surface area contributed by atoms with Gasteiger partial charge >= 0.3 is 0 Å². The molecule has 1 heterocycles. The van der Waals surface area contributed by atoms with Crippen LogP contribution in [0, 0.1) is 0 Å². The molecule has 0 atom stereocenters. The number of aromatic amines is 1. The van der Waals surface area contributed by atoms with Gasteiger partial charge in [0.05, 0.1) is 10.7 Å². The first-order valence-corrected chi connectivity index (χ1v) is 6.12. The molecular weight excluding hydrogens is 289 g/mol. The van der Waals surface area contributed by atoms with Crippen LogP contribution in [0.15, 0.2) is 28.7 Å². The topological polar surface area (TPSA) is 40.7 Å². The zero-order valence-corrected chi connectivity index (χ0v) is 11.1. The first-order chi connectivity index (χ1) is 7.70. The van der Waals surface area contributed by atoms with E-state index in [9.17, 15) is 0 Å². The van der Waals surface area contributed by atoms with Crippen molar-refractivity contribution in [3.8, 4) is 11.3 Å². The summed E-state index contributed by atoms with van der Waals surface area (Å²) >= 11 is 9.53. The molecule has 1 aromatic heterocycles. The third-order valence-electron chi connectivity index (χ3n) is 2.16. The quantitative estimate of drug-likeness (QED) is 0.902. The van der Waals surface area contributed by atoms with Crippen LogP contribution in [0.5, 0.6) is 0 Å². The van der Waals surface area contributed by atoms with Crippen LogP contribution in [0.3, 0.4) is 0 Å². The van der Waals surface area contributed by atoms with Gasteiger partial charge in [0.15, 0.2) is 0 Å². The molecule has 3 nitrogen and oxygen atoms in total. The highest BCUT2D eigenvalue weighted by Gasteiger charge is 2.07. The lowest BCUT2D eigenvalue weighted by Gasteiger charge is -2.01. The maximum absolute atomic E-state index is 6.15. The Morgan fingerprint density at radius 2 is 2.25 bits per heavy atom. The van der Waals surface area contributed by atoms with Crippen molar-refractivity contribution >= 4 is 33.3 Å². The number of benzene rings is 1. The van der Waals surface area contributed by atoms with E-state index < -0.39 is 0 Å². The fourth-order valence-corrected chi connectivity index (χ4v) is 2.21. The van der Waals surface area contributed by atoms with Crippen molar-refractivity contribution in [1.82, 2.24) is 10.2 Å². The van der Waals surface area contributed by atoms with Gasteiger partial charge in [0.25, 0.3) is 0 Å². The number of nitrogens with one attached hydrogen (secondary N) is 2. The number of H-pyrrole nitrogens is 1. The number of anilines is 1. The Kier molecular flexibility index (Phi) is 3.51. The van der Waals surface area contributed by atoms with Crippen LogP contribution in [0.2, 0.25) is 5.02 Å². The van der Waals surface area contributed by atoms with E-state index in [-0.39, 0.29) is 0 Å². The van der Waals surface area contributed by atoms with Crippen molar-refractivity contribution in [3.05, 3.63) is 33.8 Å². The first-order valence-electron chi connectivity index (χ1n) is 4.95. The lowest BCUT2D eigenvalue weighted by atomic mass is 10.1. The molecule has 16 heavy (non-hydrogen) atoms. The molecular formula is C11H11BrClN3. The number of aromatic nitrogens is 2. The molecule has 2 aromatic rings. The molecule has 0 bridgehead atoms. The van der Waals surface area contributed by atoms with E-state index in [1.165, 1.54) is 0 Å². The van der Waals surface area contributed by atoms with E-state index >= 15 is 0 Å². The largest absolute Gasteiger partial charge is 0.369 e. The van der Waals surface area contributed by atoms with Gasteiger partial charge in [-0.05, 0) is 19.1 Å². The van der Waals surface area contributed by atoms with Gasteiger partial charge in [0.2, 0.25) is 0 Å². The summed E-state index contributed by atoms with van der Waals surface area (Å²) in [5, 5.41) is 10.9. The molecule has 1 aromatic carbocycles. The van der Waals surface area contributed by atoms with Crippen LogP contribution in [-0.2, 0) is 0 Å². The summed E-state index contributed by atoms with van der Waals surface area (Å²) in [6.45, 7) is 2.87. The third-order valence-corrected chi connectivity index (χ3v) is 2.96. The predicted molar refractivity (Wildman–Crippen MR) is 70.9 cm³/mol. The number of halogens is 2. The molecule has 0 saturated carbocycles. The molecule has 0 amide bonds. The van der Waals surface area contributed by atoms with Crippen LogP contribution in [0.1, 0.15) is 6.92 Å². The fourth-order valence-electron chi connectivity index (χ4n) is 1.44. The highest BCUT2D eigenvalue weighted by atomic mass is 79.9. The number of nitrogens with zero attached hydrogens (tertiary/aromatic N) is 1. The molecule has 0 fully saturated rings. The Labute approximate surface area is 107 Å². The summed E-state index contributed by atoms with van der Waals surface area (Å²) in [5.74, 6) is 0.830. The summed E-state index contributed by atoms with van der Waals surface area (Å²) in [6.07, 6.45) is 0. The molecule has 0 spiro atoms. The van der Waals surface area contributed by atoms with Crippen molar-refractivity contribution < 1.29 is 0 Å². The maximum atomic E-state index is 6.15. The van der Waals surface area contributed by atoms with Crippen molar-refractivity contribution in [3.63, 3.8) is 0 Å². The Morgan fingerprint density at radius 1 is 1.44 bits per heavy atom. The van der Waals surface area contributed by atoms with Gasteiger partial charge in [-0.3, -0.25) is 5.10 Å². The van der Waals surface area contributed by atoms with Crippen molar-refractivity contribution in [2.45, 2.75) is 6.92 Å². The minimum atomic E-state index is 0.695. The van der Waals surface area contributed by atoms with E-state index in [1.54, 1.807) is 0 Å². The highest BCUT2D eigenvalue weighted by Crippen LogP contribution is 2.30. The second kappa shape index (κ2) is 4.89. The van der Waals surface area contributed by atoms with Crippen molar-refractivity contribution in [2.75, 3.05) is 11.9 Å². The smallest absolute Gasteiger partial charge is 0.148 e. The minimum Gasteiger partial charge on any atom is -0.369 e. The number of rotatable bonds is 3. The average Bonchev–Trinajstić information content (AvgIpc) is 2.67. The molecule has 0 aliphatic carbocycles. The second-order valence-corrected chi connectivity index (χ2v) is 4.64. The average molecular weight is 301 g/mol. The molecule has 2 rings (SSSR count). The highest BCUT2D eigenvalue weighted by molar-refractivity contribution is 9.10. The molecule has 0 aliphatic heterocycles. The van der Waals surface area contributed by atoms with E-state index in [4.69, 9.17) is 11.6 Å². The van der Waals surface area contributed by atoms with Crippen LogP contribution < -0.4 is 5.32 Å². The van der Waals surface area contributed by atoms with Gasteiger partial charge in [-0.1, -0.05) is 33.6 Å². The molecule has 84 valence electrons. The maximum Gasteiger partial charge on any atom is 0.148 e. The Bertz CT molecular complexity index is 496. The monoisotopic (exact) mass is 299 g/mol. The molecule has 5 heteroatoms. The van der Waals surface area contributed by atoms with Gasteiger partial charge < -0.3 is 5.32 Å². The number of hydrogen-bond donors (Lipinski definition) is 2. The lowest BCUT2D eigenvalue weighted by Crippen LogP contribution is -1.95. The van der Waals surface area contributed by atoms with E-state index in [2.05, 4.69) is 31.4 Å². The molecule has 0 radical (unpaired) electrons. The van der Waals surface area contributed by atoms with Gasteiger partial charge in [0, 0.05) is 22.6 Å². The standard InChI is InChI=1S/C11H11BrClN3/c1-2-14-11-6-10(15-16-11)8-4-3-7(12)5-9(8)13/h3-6H,2H2,1H3,(H2,14,15,16). The van der Waals surface area contributed by atoms with E-state index in [1.807, 2.05) is 31.2 Å². The van der Waals surface area contributed by atoms with Crippen molar-refractivity contribution in [1.29, 1.82) is 0 Å². The van der Waals surface area contributed by atoms with Crippen LogP contribution in [0.25, 0.3) is 11.3 Å². The Morgan fingerprint density at radius 3 is 2.94 bits per heavy atom. The third kappa shape index (κ3) is 2.39. The van der Waals surface area contributed by atoms with E-state index in [0.29, 0.717) is 5.02 Å². The van der Waals surface area contributed by atoms with Crippen molar-refractivity contribution in [2.24, 2.45) is 0 Å². The lowest BCUT2D eigenvalue weighted by molar-refractivity contribution is 1.07. The zero-order chi connectivity index (χ0) is 11.5. The molecule has 2 N–H and O–H groups in total. The minimum absolute atomic E-state index is 0.695.